The van der Waals surface area contributed by atoms with E-state index in [-0.39, 0.29) is 6.04 Å². The molecule has 0 aliphatic carbocycles. The van der Waals surface area contributed by atoms with Crippen LogP contribution in [0.25, 0.3) is 0 Å². The van der Waals surface area contributed by atoms with E-state index in [1.807, 2.05) is 13.8 Å². The molecule has 1 aromatic heterocycles. The van der Waals surface area contributed by atoms with Crippen molar-refractivity contribution >= 4 is 22.0 Å². The monoisotopic (exact) mass is 290 g/mol. The Morgan fingerprint density at radius 2 is 2.38 bits per heavy atom. The normalized spacial score (nSPS) is 12.8. The SMILES string of the molecule is CC(C)CC(NC(=O)O)c1cc(CBr)on1. The zero-order valence-electron chi connectivity index (χ0n) is 9.24. The van der Waals surface area contributed by atoms with Crippen molar-refractivity contribution in [2.75, 3.05) is 0 Å². The van der Waals surface area contributed by atoms with Crippen molar-refractivity contribution in [3.05, 3.63) is 17.5 Å². The molecule has 90 valence electrons. The van der Waals surface area contributed by atoms with Gasteiger partial charge in [0.2, 0.25) is 0 Å². The van der Waals surface area contributed by atoms with Crippen LogP contribution < -0.4 is 5.32 Å². The number of carboxylic acid groups (broad SMARTS) is 1. The summed E-state index contributed by atoms with van der Waals surface area (Å²) >= 11 is 3.25. The van der Waals surface area contributed by atoms with E-state index in [9.17, 15) is 4.79 Å². The minimum Gasteiger partial charge on any atom is -0.465 e. The van der Waals surface area contributed by atoms with Crippen LogP contribution >= 0.6 is 15.9 Å². The van der Waals surface area contributed by atoms with Gasteiger partial charge in [-0.15, -0.1) is 0 Å². The summed E-state index contributed by atoms with van der Waals surface area (Å²) in [4.78, 5) is 10.7. The molecule has 2 N–H and O–H groups in total. The molecule has 0 bridgehead atoms. The summed E-state index contributed by atoms with van der Waals surface area (Å²) in [6.07, 6.45) is -0.352. The minimum atomic E-state index is -1.05. The highest BCUT2D eigenvalue weighted by molar-refractivity contribution is 9.08. The molecular formula is C10H15BrN2O3. The third-order valence-electron chi connectivity index (χ3n) is 2.07. The van der Waals surface area contributed by atoms with Gasteiger partial charge < -0.3 is 14.9 Å². The Kier molecular flexibility index (Phi) is 4.79. The fourth-order valence-corrected chi connectivity index (χ4v) is 1.69. The lowest BCUT2D eigenvalue weighted by Gasteiger charge is -2.15. The number of alkyl halides is 1. The molecule has 5 nitrogen and oxygen atoms in total. The highest BCUT2D eigenvalue weighted by Gasteiger charge is 2.19. The van der Waals surface area contributed by atoms with Gasteiger partial charge in [0.1, 0.15) is 11.5 Å². The van der Waals surface area contributed by atoms with Gasteiger partial charge in [0.05, 0.1) is 11.4 Å². The van der Waals surface area contributed by atoms with E-state index in [2.05, 4.69) is 26.4 Å². The van der Waals surface area contributed by atoms with E-state index < -0.39 is 6.09 Å². The van der Waals surface area contributed by atoms with Crippen molar-refractivity contribution in [1.29, 1.82) is 0 Å². The van der Waals surface area contributed by atoms with Crippen LogP contribution in [0.5, 0.6) is 0 Å². The van der Waals surface area contributed by atoms with Crippen LogP contribution in [0.1, 0.15) is 37.8 Å². The minimum absolute atomic E-state index is 0.311. The van der Waals surface area contributed by atoms with Crippen LogP contribution in [0.4, 0.5) is 4.79 Å². The lowest BCUT2D eigenvalue weighted by molar-refractivity contribution is 0.187. The van der Waals surface area contributed by atoms with E-state index in [4.69, 9.17) is 9.63 Å². The van der Waals surface area contributed by atoms with Crippen LogP contribution in [-0.2, 0) is 5.33 Å². The zero-order chi connectivity index (χ0) is 12.1. The second-order valence-corrected chi connectivity index (χ2v) is 4.54. The second-order valence-electron chi connectivity index (χ2n) is 3.98. The van der Waals surface area contributed by atoms with Crippen LogP contribution in [-0.4, -0.2) is 16.4 Å². The molecule has 0 aliphatic heterocycles. The molecule has 0 fully saturated rings. The van der Waals surface area contributed by atoms with Crippen LogP contribution in [0.2, 0.25) is 0 Å². The summed E-state index contributed by atoms with van der Waals surface area (Å²) in [5.74, 6) is 1.07. The fraction of sp³-hybridized carbons (Fsp3) is 0.600. The van der Waals surface area contributed by atoms with Gasteiger partial charge in [-0.2, -0.15) is 0 Å². The molecule has 1 aromatic rings. The Labute approximate surface area is 102 Å². The Balaban J connectivity index is 2.78. The van der Waals surface area contributed by atoms with Crippen molar-refractivity contribution in [2.24, 2.45) is 5.92 Å². The Bertz CT molecular complexity index is 352. The number of hydrogen-bond acceptors (Lipinski definition) is 3. The highest BCUT2D eigenvalue weighted by Crippen LogP contribution is 2.21. The smallest absolute Gasteiger partial charge is 0.405 e. The Morgan fingerprint density at radius 3 is 2.81 bits per heavy atom. The van der Waals surface area contributed by atoms with Crippen molar-refractivity contribution in [2.45, 2.75) is 31.6 Å². The first-order valence-electron chi connectivity index (χ1n) is 5.03. The summed E-state index contributed by atoms with van der Waals surface area (Å²) in [5, 5.41) is 15.6. The standard InChI is InChI=1S/C10H15BrN2O3/c1-6(2)3-8(12-10(14)15)9-4-7(5-11)16-13-9/h4,6,8,12H,3,5H2,1-2H3,(H,14,15). The fourth-order valence-electron chi connectivity index (χ4n) is 1.43. The maximum atomic E-state index is 10.7. The number of halogens is 1. The molecule has 1 amide bonds. The van der Waals surface area contributed by atoms with Gasteiger partial charge >= 0.3 is 6.09 Å². The number of hydrogen-bond donors (Lipinski definition) is 2. The van der Waals surface area contributed by atoms with E-state index in [1.165, 1.54) is 0 Å². The molecule has 0 radical (unpaired) electrons. The molecule has 0 saturated heterocycles. The molecule has 0 aromatic carbocycles. The average molecular weight is 291 g/mol. The number of rotatable bonds is 5. The van der Waals surface area contributed by atoms with Crippen LogP contribution in [0.3, 0.4) is 0 Å². The van der Waals surface area contributed by atoms with Gasteiger partial charge in [0, 0.05) is 6.07 Å². The van der Waals surface area contributed by atoms with Gasteiger partial charge in [-0.25, -0.2) is 4.79 Å². The van der Waals surface area contributed by atoms with Crippen molar-refractivity contribution in [1.82, 2.24) is 10.5 Å². The van der Waals surface area contributed by atoms with Crippen LogP contribution in [0, 0.1) is 5.92 Å². The molecule has 6 heteroatoms. The van der Waals surface area contributed by atoms with Gasteiger partial charge in [-0.1, -0.05) is 34.9 Å². The molecule has 0 aliphatic rings. The Morgan fingerprint density at radius 1 is 1.69 bits per heavy atom. The predicted molar refractivity (Wildman–Crippen MR) is 62.5 cm³/mol. The largest absolute Gasteiger partial charge is 0.465 e. The summed E-state index contributed by atoms with van der Waals surface area (Å²) < 4.78 is 5.03. The molecule has 1 unspecified atom stereocenters. The molecule has 1 heterocycles. The maximum absolute atomic E-state index is 10.7. The predicted octanol–water partition coefficient (Wildman–Crippen LogP) is 2.92. The summed E-state index contributed by atoms with van der Waals surface area (Å²) in [7, 11) is 0. The van der Waals surface area contributed by atoms with Gasteiger partial charge in [-0.3, -0.25) is 0 Å². The molecular weight excluding hydrogens is 276 g/mol. The van der Waals surface area contributed by atoms with Gasteiger partial charge in [0.15, 0.2) is 0 Å². The average Bonchev–Trinajstić information content (AvgIpc) is 2.63. The lowest BCUT2D eigenvalue weighted by Crippen LogP contribution is -2.28. The Hall–Kier alpha value is -1.04. The first-order valence-corrected chi connectivity index (χ1v) is 6.16. The topological polar surface area (TPSA) is 75.4 Å². The highest BCUT2D eigenvalue weighted by atomic mass is 79.9. The molecule has 1 rings (SSSR count). The third kappa shape index (κ3) is 3.84. The number of amides is 1. The van der Waals surface area contributed by atoms with Gasteiger partial charge in [-0.05, 0) is 12.3 Å². The van der Waals surface area contributed by atoms with E-state index in [1.54, 1.807) is 6.07 Å². The first kappa shape index (κ1) is 13.0. The number of nitrogens with one attached hydrogen (secondary N) is 1. The number of aromatic nitrogens is 1. The molecule has 0 saturated carbocycles. The van der Waals surface area contributed by atoms with E-state index >= 15 is 0 Å². The van der Waals surface area contributed by atoms with Crippen LogP contribution in [0.15, 0.2) is 10.6 Å². The maximum Gasteiger partial charge on any atom is 0.405 e. The summed E-state index contributed by atoms with van der Waals surface area (Å²) in [6, 6.07) is 1.45. The summed E-state index contributed by atoms with van der Waals surface area (Å²) in [5.41, 5.74) is 0.630. The van der Waals surface area contributed by atoms with Crippen molar-refractivity contribution < 1.29 is 14.4 Å². The molecule has 1 atom stereocenters. The van der Waals surface area contributed by atoms with E-state index in [0.717, 1.165) is 0 Å². The first-order chi connectivity index (χ1) is 7.52. The summed E-state index contributed by atoms with van der Waals surface area (Å²) in [6.45, 7) is 4.06. The lowest BCUT2D eigenvalue weighted by atomic mass is 10.0. The number of carbonyl (C=O) groups is 1. The third-order valence-corrected chi connectivity index (χ3v) is 2.62. The quantitative estimate of drug-likeness (QED) is 0.818. The van der Waals surface area contributed by atoms with E-state index in [0.29, 0.717) is 29.1 Å². The second kappa shape index (κ2) is 5.89. The number of nitrogens with zero attached hydrogens (tertiary/aromatic N) is 1. The van der Waals surface area contributed by atoms with Crippen molar-refractivity contribution in [3.63, 3.8) is 0 Å². The van der Waals surface area contributed by atoms with Gasteiger partial charge in [0.25, 0.3) is 0 Å². The molecule has 0 spiro atoms. The molecule has 16 heavy (non-hydrogen) atoms. The van der Waals surface area contributed by atoms with Crippen molar-refractivity contribution in [3.8, 4) is 0 Å². The zero-order valence-corrected chi connectivity index (χ0v) is 10.8.